The number of para-hydroxylation sites is 2. The summed E-state index contributed by atoms with van der Waals surface area (Å²) >= 11 is 0. The van der Waals surface area contributed by atoms with E-state index in [4.69, 9.17) is 5.41 Å². The number of rotatable bonds is 2. The van der Waals surface area contributed by atoms with E-state index in [1.54, 1.807) is 0 Å². The van der Waals surface area contributed by atoms with E-state index in [1.807, 2.05) is 28.8 Å². The molecule has 3 nitrogen and oxygen atoms in total. The third-order valence-electron chi connectivity index (χ3n) is 3.14. The molecule has 0 atom stereocenters. The molecule has 0 unspecified atom stereocenters. The van der Waals surface area contributed by atoms with Gasteiger partial charge in [-0.05, 0) is 17.7 Å². The molecule has 0 aliphatic carbocycles. The van der Waals surface area contributed by atoms with Crippen LogP contribution in [0.2, 0.25) is 0 Å². The van der Waals surface area contributed by atoms with Crippen LogP contribution in [0.3, 0.4) is 0 Å². The minimum absolute atomic E-state index is 0.442. The van der Waals surface area contributed by atoms with Gasteiger partial charge in [-0.25, -0.2) is 0 Å². The molecule has 0 fully saturated rings. The van der Waals surface area contributed by atoms with Crippen molar-refractivity contribution in [1.82, 2.24) is 9.55 Å². The zero-order valence-corrected chi connectivity index (χ0v) is 10.3. The summed E-state index contributed by atoms with van der Waals surface area (Å²) in [6.07, 6.45) is 0. The molecule has 1 heterocycles. The molecule has 3 aromatic rings. The Bertz CT molecular complexity index is 755. The highest BCUT2D eigenvalue weighted by Gasteiger charge is 2.04. The first-order valence-corrected chi connectivity index (χ1v) is 6.02. The average Bonchev–Trinajstić information content (AvgIpc) is 2.66. The maximum atomic E-state index is 8.01. The lowest BCUT2D eigenvalue weighted by molar-refractivity contribution is 0.752. The van der Waals surface area contributed by atoms with Crippen LogP contribution in [0.5, 0.6) is 0 Å². The second kappa shape index (κ2) is 4.22. The van der Waals surface area contributed by atoms with E-state index in [9.17, 15) is 0 Å². The number of fused-ring (bicyclic) bond motifs is 1. The molecule has 0 amide bonds. The van der Waals surface area contributed by atoms with Gasteiger partial charge in [0.25, 0.3) is 0 Å². The summed E-state index contributed by atoms with van der Waals surface area (Å²) in [5.41, 5.74) is 4.99. The van der Waals surface area contributed by atoms with Crippen LogP contribution in [0.25, 0.3) is 11.0 Å². The Balaban J connectivity index is 2.10. The zero-order valence-electron chi connectivity index (χ0n) is 10.3. The summed E-state index contributed by atoms with van der Waals surface area (Å²) < 4.78 is 1.99. The molecule has 3 rings (SSSR count). The van der Waals surface area contributed by atoms with Gasteiger partial charge in [0.05, 0.1) is 17.6 Å². The van der Waals surface area contributed by atoms with Gasteiger partial charge in [0.2, 0.25) is 5.62 Å². The number of nitrogens with one attached hydrogen (secondary N) is 2. The number of aromatic amines is 1. The van der Waals surface area contributed by atoms with Crippen LogP contribution in [0.1, 0.15) is 5.56 Å². The molecule has 2 aromatic carbocycles. The minimum atomic E-state index is 0.442. The van der Waals surface area contributed by atoms with Crippen molar-refractivity contribution in [2.24, 2.45) is 0 Å². The van der Waals surface area contributed by atoms with Crippen LogP contribution in [0, 0.1) is 5.41 Å². The molecule has 4 heteroatoms. The van der Waals surface area contributed by atoms with Gasteiger partial charge in [-0.15, -0.1) is 0 Å². The summed E-state index contributed by atoms with van der Waals surface area (Å²) in [5, 5.41) is 8.01. The van der Waals surface area contributed by atoms with Crippen molar-refractivity contribution in [2.45, 2.75) is 6.54 Å². The van der Waals surface area contributed by atoms with Gasteiger partial charge in [0.1, 0.15) is 7.85 Å². The van der Waals surface area contributed by atoms with E-state index in [0.717, 1.165) is 17.6 Å². The molecule has 0 radical (unpaired) electrons. The van der Waals surface area contributed by atoms with Crippen molar-refractivity contribution in [3.63, 3.8) is 0 Å². The molecule has 0 aliphatic rings. The van der Waals surface area contributed by atoms with Gasteiger partial charge >= 0.3 is 0 Å². The van der Waals surface area contributed by atoms with Crippen molar-refractivity contribution in [3.05, 3.63) is 59.7 Å². The Morgan fingerprint density at radius 3 is 2.78 bits per heavy atom. The van der Waals surface area contributed by atoms with E-state index in [0.29, 0.717) is 5.62 Å². The normalized spacial score (nSPS) is 10.9. The molecule has 88 valence electrons. The van der Waals surface area contributed by atoms with Gasteiger partial charge < -0.3 is 9.55 Å². The minimum Gasteiger partial charge on any atom is -0.324 e. The second-order valence-corrected chi connectivity index (χ2v) is 4.57. The summed E-state index contributed by atoms with van der Waals surface area (Å²) in [6.45, 7) is 0.727. The second-order valence-electron chi connectivity index (χ2n) is 4.57. The van der Waals surface area contributed by atoms with E-state index in [2.05, 4.69) is 37.1 Å². The molecule has 0 aliphatic heterocycles. The first-order chi connectivity index (χ1) is 8.74. The topological polar surface area (TPSA) is 44.6 Å². The maximum absolute atomic E-state index is 8.01. The molecular formula is C14H14BN3. The predicted octanol–water partition coefficient (Wildman–Crippen LogP) is 0.756. The fourth-order valence-corrected chi connectivity index (χ4v) is 2.29. The molecule has 0 saturated carbocycles. The highest BCUT2D eigenvalue weighted by Crippen LogP contribution is 2.10. The molecule has 0 spiro atoms. The van der Waals surface area contributed by atoms with Crippen LogP contribution in [-0.4, -0.2) is 17.4 Å². The quantitative estimate of drug-likeness (QED) is 0.616. The van der Waals surface area contributed by atoms with Gasteiger partial charge in [-0.3, -0.25) is 5.41 Å². The van der Waals surface area contributed by atoms with Crippen molar-refractivity contribution in [2.75, 3.05) is 0 Å². The number of hydrogen-bond donors (Lipinski definition) is 2. The first-order valence-electron chi connectivity index (χ1n) is 6.02. The fourth-order valence-electron chi connectivity index (χ4n) is 2.29. The number of hydrogen-bond acceptors (Lipinski definition) is 1. The molecular weight excluding hydrogens is 221 g/mol. The fraction of sp³-hybridized carbons (Fsp3) is 0.0714. The molecule has 18 heavy (non-hydrogen) atoms. The largest absolute Gasteiger partial charge is 0.324 e. The third kappa shape index (κ3) is 1.86. The smallest absolute Gasteiger partial charge is 0.200 e. The standard InChI is InChI=1S/C14H14BN3/c15-11-5-3-4-10(8-11)9-18-13-7-2-1-6-12(13)17-14(18)16/h1-8H,9,15H2,(H2,16,17). The van der Waals surface area contributed by atoms with Gasteiger partial charge in [0.15, 0.2) is 0 Å². The van der Waals surface area contributed by atoms with E-state index < -0.39 is 0 Å². The molecule has 1 aromatic heterocycles. The lowest BCUT2D eigenvalue weighted by Crippen LogP contribution is -2.18. The Kier molecular flexibility index (Phi) is 2.56. The number of nitrogens with zero attached hydrogens (tertiary/aromatic N) is 1. The predicted molar refractivity (Wildman–Crippen MR) is 75.9 cm³/mol. The van der Waals surface area contributed by atoms with Crippen molar-refractivity contribution < 1.29 is 0 Å². The van der Waals surface area contributed by atoms with Crippen LogP contribution in [-0.2, 0) is 6.54 Å². The van der Waals surface area contributed by atoms with Crippen LogP contribution in [0.4, 0.5) is 0 Å². The monoisotopic (exact) mass is 235 g/mol. The number of aromatic nitrogens is 2. The molecule has 2 N–H and O–H groups in total. The third-order valence-corrected chi connectivity index (χ3v) is 3.14. The van der Waals surface area contributed by atoms with Crippen molar-refractivity contribution >= 4 is 24.3 Å². The van der Waals surface area contributed by atoms with Crippen molar-refractivity contribution in [3.8, 4) is 0 Å². The lowest BCUT2D eigenvalue weighted by atomic mass is 9.94. The number of benzene rings is 2. The van der Waals surface area contributed by atoms with E-state index in [1.165, 1.54) is 11.0 Å². The summed E-state index contributed by atoms with van der Waals surface area (Å²) in [4.78, 5) is 3.09. The number of imidazole rings is 1. The molecule has 0 saturated heterocycles. The van der Waals surface area contributed by atoms with E-state index >= 15 is 0 Å². The maximum Gasteiger partial charge on any atom is 0.200 e. The Morgan fingerprint density at radius 2 is 1.94 bits per heavy atom. The van der Waals surface area contributed by atoms with Gasteiger partial charge in [-0.2, -0.15) is 0 Å². The van der Waals surface area contributed by atoms with Gasteiger partial charge in [0, 0.05) is 0 Å². The summed E-state index contributed by atoms with van der Waals surface area (Å²) in [7, 11) is 2.09. The summed E-state index contributed by atoms with van der Waals surface area (Å²) in [6, 6.07) is 16.4. The Hall–Kier alpha value is -2.23. The summed E-state index contributed by atoms with van der Waals surface area (Å²) in [5.74, 6) is 0. The highest BCUT2D eigenvalue weighted by atomic mass is 15.1. The molecule has 0 bridgehead atoms. The average molecular weight is 235 g/mol. The van der Waals surface area contributed by atoms with Crippen LogP contribution in [0.15, 0.2) is 48.5 Å². The Morgan fingerprint density at radius 1 is 1.11 bits per heavy atom. The highest BCUT2D eigenvalue weighted by molar-refractivity contribution is 6.32. The first kappa shape index (κ1) is 10.9. The number of H-pyrrole nitrogens is 1. The van der Waals surface area contributed by atoms with Crippen LogP contribution < -0.4 is 11.1 Å². The Labute approximate surface area is 106 Å². The lowest BCUT2D eigenvalue weighted by Gasteiger charge is -2.05. The van der Waals surface area contributed by atoms with Crippen molar-refractivity contribution in [1.29, 1.82) is 5.41 Å². The SMILES string of the molecule is Bc1cccc(Cn2c(=N)[nH]c3ccccc32)c1. The van der Waals surface area contributed by atoms with E-state index in [-0.39, 0.29) is 0 Å². The van der Waals surface area contributed by atoms with Gasteiger partial charge in [-0.1, -0.05) is 41.9 Å². The van der Waals surface area contributed by atoms with Crippen LogP contribution >= 0.6 is 0 Å². The zero-order chi connectivity index (χ0) is 12.5.